The molecule has 0 aromatic carbocycles. The van der Waals surface area contributed by atoms with E-state index in [9.17, 15) is 4.79 Å². The molecule has 0 radical (unpaired) electrons. The Labute approximate surface area is 75.4 Å². The summed E-state index contributed by atoms with van der Waals surface area (Å²) in [6, 6.07) is 3.46. The molecule has 0 saturated heterocycles. The van der Waals surface area contributed by atoms with Gasteiger partial charge in [-0.3, -0.25) is 4.79 Å². The van der Waals surface area contributed by atoms with Crippen molar-refractivity contribution in [3.63, 3.8) is 0 Å². The molecule has 1 aromatic rings. The molecule has 0 spiro atoms. The van der Waals surface area contributed by atoms with Gasteiger partial charge in [0.15, 0.2) is 0 Å². The van der Waals surface area contributed by atoms with Crippen LogP contribution in [0.5, 0.6) is 0 Å². The van der Waals surface area contributed by atoms with E-state index in [1.54, 1.807) is 18.3 Å². The molecule has 0 bridgehead atoms. The molecule has 0 unspecified atom stereocenters. The topological polar surface area (TPSA) is 78.7 Å². The van der Waals surface area contributed by atoms with Gasteiger partial charge in [-0.25, -0.2) is 9.97 Å². The minimum Gasteiger partial charge on any atom is -0.350 e. The molecule has 0 aliphatic rings. The van der Waals surface area contributed by atoms with Gasteiger partial charge in [0.25, 0.3) is 0 Å². The lowest BCUT2D eigenvalue weighted by Crippen LogP contribution is -2.22. The SMILES string of the molecule is N#CCC(=O)NCc1ccncn1. The van der Waals surface area contributed by atoms with E-state index < -0.39 is 0 Å². The Morgan fingerprint density at radius 2 is 2.54 bits per heavy atom. The summed E-state index contributed by atoms with van der Waals surface area (Å²) < 4.78 is 0. The number of amides is 1. The van der Waals surface area contributed by atoms with Crippen LogP contribution in [0.2, 0.25) is 0 Å². The van der Waals surface area contributed by atoms with Gasteiger partial charge in [0.05, 0.1) is 18.3 Å². The summed E-state index contributed by atoms with van der Waals surface area (Å²) in [5, 5.41) is 10.7. The molecule has 1 N–H and O–H groups in total. The van der Waals surface area contributed by atoms with Gasteiger partial charge in [-0.05, 0) is 6.07 Å². The molecule has 13 heavy (non-hydrogen) atoms. The summed E-state index contributed by atoms with van der Waals surface area (Å²) in [5.74, 6) is -0.291. The van der Waals surface area contributed by atoms with Crippen LogP contribution in [0.25, 0.3) is 0 Å². The van der Waals surface area contributed by atoms with E-state index >= 15 is 0 Å². The second-order valence-electron chi connectivity index (χ2n) is 2.31. The zero-order valence-electron chi connectivity index (χ0n) is 6.90. The predicted molar refractivity (Wildman–Crippen MR) is 44.1 cm³/mol. The van der Waals surface area contributed by atoms with Gasteiger partial charge >= 0.3 is 0 Å². The fourth-order valence-electron chi connectivity index (χ4n) is 0.746. The number of carbonyl (C=O) groups excluding carboxylic acids is 1. The third-order valence-electron chi connectivity index (χ3n) is 1.35. The minimum absolute atomic E-state index is 0.120. The molecule has 0 atom stereocenters. The maximum Gasteiger partial charge on any atom is 0.234 e. The lowest BCUT2D eigenvalue weighted by Gasteiger charge is -2.00. The Bertz CT molecular complexity index is 317. The Kier molecular flexibility index (Phi) is 3.39. The highest BCUT2D eigenvalue weighted by Gasteiger charge is 1.99. The Morgan fingerprint density at radius 3 is 3.15 bits per heavy atom. The molecule has 5 nitrogen and oxygen atoms in total. The van der Waals surface area contributed by atoms with Crippen molar-refractivity contribution in [1.29, 1.82) is 5.26 Å². The lowest BCUT2D eigenvalue weighted by atomic mass is 10.4. The summed E-state index contributed by atoms with van der Waals surface area (Å²) in [5.41, 5.74) is 0.723. The summed E-state index contributed by atoms with van der Waals surface area (Å²) in [6.07, 6.45) is 2.88. The van der Waals surface area contributed by atoms with Crippen molar-refractivity contribution in [3.05, 3.63) is 24.3 Å². The number of aromatic nitrogens is 2. The van der Waals surface area contributed by atoms with E-state index in [2.05, 4.69) is 15.3 Å². The van der Waals surface area contributed by atoms with Crippen LogP contribution in [-0.2, 0) is 11.3 Å². The molecule has 1 heterocycles. The first kappa shape index (κ1) is 9.13. The number of hydrogen-bond donors (Lipinski definition) is 1. The van der Waals surface area contributed by atoms with Crippen LogP contribution in [0, 0.1) is 11.3 Å². The smallest absolute Gasteiger partial charge is 0.234 e. The van der Waals surface area contributed by atoms with E-state index in [-0.39, 0.29) is 12.3 Å². The molecule has 0 aliphatic heterocycles. The van der Waals surface area contributed by atoms with Crippen molar-refractivity contribution in [2.75, 3.05) is 0 Å². The minimum atomic E-state index is -0.291. The summed E-state index contributed by atoms with van der Waals surface area (Å²) >= 11 is 0. The van der Waals surface area contributed by atoms with E-state index in [1.807, 2.05) is 0 Å². The number of carbonyl (C=O) groups is 1. The highest BCUT2D eigenvalue weighted by atomic mass is 16.1. The van der Waals surface area contributed by atoms with Gasteiger partial charge < -0.3 is 5.32 Å². The molecule has 1 amide bonds. The third-order valence-corrected chi connectivity index (χ3v) is 1.35. The maximum absolute atomic E-state index is 10.8. The summed E-state index contributed by atoms with van der Waals surface area (Å²) in [6.45, 7) is 0.336. The van der Waals surface area contributed by atoms with E-state index in [1.165, 1.54) is 6.33 Å². The van der Waals surface area contributed by atoms with Gasteiger partial charge in [-0.1, -0.05) is 0 Å². The van der Waals surface area contributed by atoms with Crippen molar-refractivity contribution in [3.8, 4) is 6.07 Å². The predicted octanol–water partition coefficient (Wildman–Crippen LogP) is 0.00648. The van der Waals surface area contributed by atoms with Crippen LogP contribution < -0.4 is 5.32 Å². The second kappa shape index (κ2) is 4.83. The highest BCUT2D eigenvalue weighted by molar-refractivity contribution is 5.77. The zero-order chi connectivity index (χ0) is 9.52. The normalized spacial score (nSPS) is 8.85. The van der Waals surface area contributed by atoms with Crippen LogP contribution in [0.1, 0.15) is 12.1 Å². The van der Waals surface area contributed by atoms with E-state index in [0.717, 1.165) is 5.69 Å². The first-order chi connectivity index (χ1) is 6.33. The van der Waals surface area contributed by atoms with Gasteiger partial charge in [-0.2, -0.15) is 5.26 Å². The van der Waals surface area contributed by atoms with E-state index in [4.69, 9.17) is 5.26 Å². The molecule has 0 saturated carbocycles. The molecular weight excluding hydrogens is 168 g/mol. The number of nitriles is 1. The van der Waals surface area contributed by atoms with Crippen LogP contribution in [-0.4, -0.2) is 15.9 Å². The number of nitrogens with one attached hydrogen (secondary N) is 1. The quantitative estimate of drug-likeness (QED) is 0.703. The van der Waals surface area contributed by atoms with Crippen LogP contribution in [0.3, 0.4) is 0 Å². The van der Waals surface area contributed by atoms with Crippen LogP contribution in [0.4, 0.5) is 0 Å². The fraction of sp³-hybridized carbons (Fsp3) is 0.250. The molecule has 66 valence electrons. The molecular formula is C8H8N4O. The van der Waals surface area contributed by atoms with Gasteiger partial charge in [0.2, 0.25) is 5.91 Å². The van der Waals surface area contributed by atoms with Crippen LogP contribution in [0.15, 0.2) is 18.6 Å². The van der Waals surface area contributed by atoms with Gasteiger partial charge in [-0.15, -0.1) is 0 Å². The number of rotatable bonds is 3. The molecule has 1 aromatic heterocycles. The average molecular weight is 176 g/mol. The van der Waals surface area contributed by atoms with Crippen molar-refractivity contribution < 1.29 is 4.79 Å². The van der Waals surface area contributed by atoms with Crippen molar-refractivity contribution in [1.82, 2.24) is 15.3 Å². The summed E-state index contributed by atoms with van der Waals surface area (Å²) in [4.78, 5) is 18.5. The Balaban J connectivity index is 2.36. The lowest BCUT2D eigenvalue weighted by molar-refractivity contribution is -0.120. The van der Waals surface area contributed by atoms with Crippen molar-refractivity contribution >= 4 is 5.91 Å². The third kappa shape index (κ3) is 3.29. The largest absolute Gasteiger partial charge is 0.350 e. The number of hydrogen-bond acceptors (Lipinski definition) is 4. The zero-order valence-corrected chi connectivity index (χ0v) is 6.90. The molecule has 5 heteroatoms. The van der Waals surface area contributed by atoms with E-state index in [0.29, 0.717) is 6.54 Å². The maximum atomic E-state index is 10.8. The second-order valence-corrected chi connectivity index (χ2v) is 2.31. The van der Waals surface area contributed by atoms with Crippen molar-refractivity contribution in [2.24, 2.45) is 0 Å². The molecule has 0 aliphatic carbocycles. The fourth-order valence-corrected chi connectivity index (χ4v) is 0.746. The summed E-state index contributed by atoms with van der Waals surface area (Å²) in [7, 11) is 0. The molecule has 0 fully saturated rings. The average Bonchev–Trinajstić information content (AvgIpc) is 2.17. The van der Waals surface area contributed by atoms with Crippen molar-refractivity contribution in [2.45, 2.75) is 13.0 Å². The monoisotopic (exact) mass is 176 g/mol. The Hall–Kier alpha value is -1.96. The standard InChI is InChI=1S/C8H8N4O/c9-3-1-8(13)11-5-7-2-4-10-6-12-7/h2,4,6H,1,5H2,(H,11,13). The van der Waals surface area contributed by atoms with Gasteiger partial charge in [0, 0.05) is 6.20 Å². The highest BCUT2D eigenvalue weighted by Crippen LogP contribution is 1.89. The molecule has 1 rings (SSSR count). The first-order valence-electron chi connectivity index (χ1n) is 3.71. The van der Waals surface area contributed by atoms with Gasteiger partial charge in [0.1, 0.15) is 12.7 Å². The number of nitrogens with zero attached hydrogens (tertiary/aromatic N) is 3. The van der Waals surface area contributed by atoms with Crippen LogP contribution >= 0.6 is 0 Å². The Morgan fingerprint density at radius 1 is 1.69 bits per heavy atom. The first-order valence-corrected chi connectivity index (χ1v) is 3.71.